The molecule has 2 bridgehead atoms. The van der Waals surface area contributed by atoms with Gasteiger partial charge in [0.05, 0.1) is 35.7 Å². The third kappa shape index (κ3) is 3.98. The van der Waals surface area contributed by atoms with Crippen molar-refractivity contribution in [2.75, 3.05) is 57.8 Å². The van der Waals surface area contributed by atoms with E-state index in [9.17, 15) is 14.4 Å². The molecule has 12 nitrogen and oxygen atoms in total. The Labute approximate surface area is 220 Å². The van der Waals surface area contributed by atoms with Crippen molar-refractivity contribution in [3.8, 4) is 0 Å². The van der Waals surface area contributed by atoms with Crippen LogP contribution in [0.4, 0.5) is 15.3 Å². The highest BCUT2D eigenvalue weighted by Crippen LogP contribution is 2.49. The van der Waals surface area contributed by atoms with Crippen LogP contribution in [0.1, 0.15) is 41.2 Å². The predicted molar refractivity (Wildman–Crippen MR) is 137 cm³/mol. The Morgan fingerprint density at radius 1 is 1.11 bits per heavy atom. The van der Waals surface area contributed by atoms with E-state index in [-0.39, 0.29) is 23.8 Å². The van der Waals surface area contributed by atoms with Gasteiger partial charge in [-0.05, 0) is 30.9 Å². The lowest BCUT2D eigenvalue weighted by Crippen LogP contribution is -2.53. The minimum absolute atomic E-state index is 0.0822. The van der Waals surface area contributed by atoms with E-state index in [0.717, 1.165) is 43.6 Å². The summed E-state index contributed by atoms with van der Waals surface area (Å²) >= 11 is 0. The standard InChI is InChI=1S/C26H32N8O4/c35-24-20-18(2-1-3-19(20)28-25(36)31-33-8-10-38-11-9-33)23-21(24)22(29-30-23)15-4-6-32(7-5-15)26(37)34-14-16-12-17(34)13-27-16/h1-3,15-17,23,27H,4-14H2,(H2,28,31,36)/t16-,17-,23?/m0/s1. The maximum absolute atomic E-state index is 13.7. The van der Waals surface area contributed by atoms with Gasteiger partial charge in [0, 0.05) is 57.3 Å². The Bertz CT molecular complexity index is 1230. The summed E-state index contributed by atoms with van der Waals surface area (Å²) in [6.45, 7) is 5.33. The van der Waals surface area contributed by atoms with Crippen molar-refractivity contribution in [1.82, 2.24) is 25.6 Å². The summed E-state index contributed by atoms with van der Waals surface area (Å²) in [6.07, 6.45) is 2.56. The highest BCUT2D eigenvalue weighted by Gasteiger charge is 2.45. The molecule has 1 unspecified atom stereocenters. The second-order valence-corrected chi connectivity index (χ2v) is 10.9. The number of hydrogen-bond acceptors (Lipinski definition) is 8. The number of rotatable bonds is 3. The highest BCUT2D eigenvalue weighted by atomic mass is 16.5. The van der Waals surface area contributed by atoms with Crippen molar-refractivity contribution in [3.63, 3.8) is 0 Å². The third-order valence-electron chi connectivity index (χ3n) is 8.67. The summed E-state index contributed by atoms with van der Waals surface area (Å²) in [5, 5.41) is 17.1. The fourth-order valence-corrected chi connectivity index (χ4v) is 6.71. The second kappa shape index (κ2) is 9.44. The summed E-state index contributed by atoms with van der Waals surface area (Å²) in [6, 6.07) is 5.53. The zero-order valence-corrected chi connectivity index (χ0v) is 21.2. The molecule has 0 aromatic heterocycles. The number of hydrazine groups is 1. The molecule has 3 N–H and O–H groups in total. The third-order valence-corrected chi connectivity index (χ3v) is 8.67. The molecule has 1 aliphatic carbocycles. The van der Waals surface area contributed by atoms with Crippen LogP contribution in [0, 0.1) is 5.92 Å². The van der Waals surface area contributed by atoms with Crippen LogP contribution in [0.5, 0.6) is 0 Å². The SMILES string of the molecule is O=C(Nc1cccc2c1C(=O)C1=C(C3CCN(C(=O)N4C[C@@H]5C[C@H]4CN5)CC3)N=NC12)NN1CCOCC1. The normalized spacial score (nSPS) is 28.7. The topological polar surface area (TPSA) is 131 Å². The number of ketones is 1. The number of fused-ring (bicyclic) bond motifs is 5. The molecule has 4 amide bonds. The summed E-state index contributed by atoms with van der Waals surface area (Å²) in [4.78, 5) is 43.4. The number of benzene rings is 1. The quantitative estimate of drug-likeness (QED) is 0.558. The number of carbonyl (C=O) groups is 3. The van der Waals surface area contributed by atoms with Gasteiger partial charge in [-0.25, -0.2) is 14.6 Å². The number of piperidine rings is 1. The molecule has 200 valence electrons. The van der Waals surface area contributed by atoms with Crippen LogP contribution >= 0.6 is 0 Å². The van der Waals surface area contributed by atoms with E-state index in [1.54, 1.807) is 11.1 Å². The number of ether oxygens (including phenoxy) is 1. The fourth-order valence-electron chi connectivity index (χ4n) is 6.71. The Morgan fingerprint density at radius 2 is 1.92 bits per heavy atom. The molecule has 4 fully saturated rings. The number of hydrogen-bond donors (Lipinski definition) is 3. The van der Waals surface area contributed by atoms with Crippen LogP contribution in [0.2, 0.25) is 0 Å². The lowest BCUT2D eigenvalue weighted by molar-refractivity contribution is 0.0207. The molecule has 5 heterocycles. The van der Waals surface area contributed by atoms with E-state index in [1.807, 2.05) is 21.9 Å². The van der Waals surface area contributed by atoms with Crippen molar-refractivity contribution in [3.05, 3.63) is 40.6 Å². The molecule has 1 aromatic carbocycles. The van der Waals surface area contributed by atoms with Crippen LogP contribution in [-0.2, 0) is 4.74 Å². The van der Waals surface area contributed by atoms with Crippen LogP contribution < -0.4 is 16.1 Å². The summed E-state index contributed by atoms with van der Waals surface area (Å²) in [5.41, 5.74) is 5.94. The number of urea groups is 2. The predicted octanol–water partition coefficient (Wildman–Crippen LogP) is 1.89. The smallest absolute Gasteiger partial charge is 0.333 e. The number of nitrogens with zero attached hydrogens (tertiary/aromatic N) is 5. The molecular formula is C26H32N8O4. The minimum Gasteiger partial charge on any atom is -0.379 e. The van der Waals surface area contributed by atoms with Gasteiger partial charge in [-0.2, -0.15) is 10.2 Å². The average molecular weight is 521 g/mol. The minimum atomic E-state index is -0.427. The molecule has 0 saturated carbocycles. The zero-order chi connectivity index (χ0) is 25.8. The number of carbonyl (C=O) groups excluding carboxylic acids is 3. The van der Waals surface area contributed by atoms with Gasteiger partial charge in [-0.3, -0.25) is 10.2 Å². The Balaban J connectivity index is 1.04. The summed E-state index contributed by atoms with van der Waals surface area (Å²) < 4.78 is 5.32. The molecule has 4 saturated heterocycles. The Kier molecular flexibility index (Phi) is 5.90. The second-order valence-electron chi connectivity index (χ2n) is 10.9. The molecule has 5 aliphatic heterocycles. The van der Waals surface area contributed by atoms with Gasteiger partial charge >= 0.3 is 12.1 Å². The number of amides is 4. The van der Waals surface area contributed by atoms with E-state index >= 15 is 0 Å². The molecule has 38 heavy (non-hydrogen) atoms. The van der Waals surface area contributed by atoms with Crippen LogP contribution in [0.3, 0.4) is 0 Å². The van der Waals surface area contributed by atoms with E-state index in [0.29, 0.717) is 68.3 Å². The zero-order valence-electron chi connectivity index (χ0n) is 21.2. The van der Waals surface area contributed by atoms with Crippen molar-refractivity contribution >= 4 is 23.5 Å². The molecule has 0 radical (unpaired) electrons. The molecule has 12 heteroatoms. The Hall–Kier alpha value is -3.35. The van der Waals surface area contributed by atoms with Crippen LogP contribution in [0.25, 0.3) is 0 Å². The number of nitrogens with one attached hydrogen (secondary N) is 3. The molecule has 0 spiro atoms. The highest BCUT2D eigenvalue weighted by molar-refractivity contribution is 6.19. The van der Waals surface area contributed by atoms with Crippen LogP contribution in [-0.4, -0.2) is 97.2 Å². The van der Waals surface area contributed by atoms with E-state index < -0.39 is 6.04 Å². The van der Waals surface area contributed by atoms with Gasteiger partial charge in [0.15, 0.2) is 5.78 Å². The van der Waals surface area contributed by atoms with Crippen molar-refractivity contribution in [2.45, 2.75) is 37.4 Å². The van der Waals surface area contributed by atoms with Gasteiger partial charge < -0.3 is 25.2 Å². The van der Waals surface area contributed by atoms with Crippen LogP contribution in [0.15, 0.2) is 39.7 Å². The lowest BCUT2D eigenvalue weighted by atomic mass is 9.89. The van der Waals surface area contributed by atoms with E-state index in [1.165, 1.54) is 0 Å². The van der Waals surface area contributed by atoms with E-state index in [4.69, 9.17) is 4.74 Å². The fraction of sp³-hybridized carbons (Fsp3) is 0.577. The molecule has 1 aromatic rings. The first-order valence-electron chi connectivity index (χ1n) is 13.6. The molecule has 3 atom stereocenters. The largest absolute Gasteiger partial charge is 0.379 e. The van der Waals surface area contributed by atoms with E-state index in [2.05, 4.69) is 26.3 Å². The molecule has 7 rings (SSSR count). The summed E-state index contributed by atoms with van der Waals surface area (Å²) in [7, 11) is 0. The molecular weight excluding hydrogens is 488 g/mol. The van der Waals surface area contributed by atoms with Crippen molar-refractivity contribution in [1.29, 1.82) is 0 Å². The van der Waals surface area contributed by atoms with Crippen molar-refractivity contribution in [2.24, 2.45) is 16.1 Å². The maximum Gasteiger partial charge on any atom is 0.333 e. The number of Topliss-reactive ketones (excluding diaryl/α,β-unsaturated/α-hetero) is 1. The van der Waals surface area contributed by atoms with Gasteiger partial charge in [0.1, 0.15) is 6.04 Å². The number of likely N-dealkylation sites (tertiary alicyclic amines) is 2. The first-order chi connectivity index (χ1) is 18.6. The lowest BCUT2D eigenvalue weighted by Gasteiger charge is -2.37. The van der Waals surface area contributed by atoms with Gasteiger partial charge in [-0.15, -0.1) is 0 Å². The number of azo groups is 1. The number of piperazine rings is 1. The van der Waals surface area contributed by atoms with Crippen molar-refractivity contribution < 1.29 is 19.1 Å². The number of allylic oxidation sites excluding steroid dienone is 1. The van der Waals surface area contributed by atoms with Gasteiger partial charge in [0.2, 0.25) is 0 Å². The van der Waals surface area contributed by atoms with Gasteiger partial charge in [-0.1, -0.05) is 12.1 Å². The number of anilines is 1. The average Bonchev–Trinajstić information content (AvgIpc) is 3.72. The first-order valence-corrected chi connectivity index (χ1v) is 13.6. The first kappa shape index (κ1) is 23.7. The van der Waals surface area contributed by atoms with Gasteiger partial charge in [0.25, 0.3) is 0 Å². The molecule has 6 aliphatic rings. The maximum atomic E-state index is 13.7. The summed E-state index contributed by atoms with van der Waals surface area (Å²) in [5.74, 6) is -0.0369. The Morgan fingerprint density at radius 3 is 2.66 bits per heavy atom. The monoisotopic (exact) mass is 520 g/mol. The number of morpholine rings is 1.